The molecule has 0 fully saturated rings. The van der Waals surface area contributed by atoms with E-state index in [9.17, 15) is 9.59 Å². The summed E-state index contributed by atoms with van der Waals surface area (Å²) in [6.45, 7) is 3.87. The molecular weight excluding hydrogens is 264 g/mol. The molecule has 0 saturated heterocycles. The second-order valence-corrected chi connectivity index (χ2v) is 4.67. The number of carbonyl (C=O) groups is 2. The van der Waals surface area contributed by atoms with Gasteiger partial charge in [0.05, 0.1) is 17.3 Å². The van der Waals surface area contributed by atoms with Crippen molar-refractivity contribution in [3.8, 4) is 0 Å². The Balaban J connectivity index is 2.44. The average Bonchev–Trinajstić information content (AvgIpc) is 2.40. The highest BCUT2D eigenvalue weighted by molar-refractivity contribution is 6.33. The molecule has 19 heavy (non-hydrogen) atoms. The summed E-state index contributed by atoms with van der Waals surface area (Å²) in [4.78, 5) is 23.4. The third-order valence-electron chi connectivity index (χ3n) is 2.93. The van der Waals surface area contributed by atoms with Crippen molar-refractivity contribution in [2.75, 3.05) is 11.9 Å². The summed E-state index contributed by atoms with van der Waals surface area (Å²) in [5.74, 6) is -0.403. The number of benzene rings is 1. The van der Waals surface area contributed by atoms with E-state index in [2.05, 4.69) is 10.6 Å². The van der Waals surface area contributed by atoms with Crippen molar-refractivity contribution < 1.29 is 9.59 Å². The number of hydrogen-bond donors (Lipinski definition) is 2. The van der Waals surface area contributed by atoms with E-state index >= 15 is 0 Å². The molecule has 0 spiro atoms. The fraction of sp³-hybridized carbons (Fsp3) is 0.429. The lowest BCUT2D eigenvalue weighted by Crippen LogP contribution is -2.36. The maximum absolute atomic E-state index is 11.7. The van der Waals surface area contributed by atoms with Gasteiger partial charge in [0.25, 0.3) is 0 Å². The van der Waals surface area contributed by atoms with Gasteiger partial charge in [-0.05, 0) is 25.0 Å². The van der Waals surface area contributed by atoms with Crippen LogP contribution in [0, 0.1) is 5.92 Å². The van der Waals surface area contributed by atoms with Crippen LogP contribution in [-0.4, -0.2) is 18.4 Å². The van der Waals surface area contributed by atoms with Gasteiger partial charge in [-0.3, -0.25) is 9.59 Å². The number of nitrogens with one attached hydrogen (secondary N) is 2. The summed E-state index contributed by atoms with van der Waals surface area (Å²) in [6, 6.07) is 6.97. The van der Waals surface area contributed by atoms with Crippen molar-refractivity contribution in [3.63, 3.8) is 0 Å². The van der Waals surface area contributed by atoms with Crippen LogP contribution in [0.2, 0.25) is 5.02 Å². The van der Waals surface area contributed by atoms with E-state index in [0.29, 0.717) is 10.7 Å². The van der Waals surface area contributed by atoms with Crippen molar-refractivity contribution in [1.82, 2.24) is 5.32 Å². The number of anilines is 1. The first-order valence-corrected chi connectivity index (χ1v) is 6.78. The molecule has 1 aromatic carbocycles. The topological polar surface area (TPSA) is 58.2 Å². The molecule has 0 radical (unpaired) electrons. The molecule has 1 rings (SSSR count). The molecule has 0 unspecified atom stereocenters. The molecule has 0 aliphatic carbocycles. The average molecular weight is 283 g/mol. The van der Waals surface area contributed by atoms with E-state index in [1.165, 1.54) is 0 Å². The van der Waals surface area contributed by atoms with Crippen LogP contribution < -0.4 is 10.6 Å². The van der Waals surface area contributed by atoms with E-state index in [1.54, 1.807) is 24.3 Å². The lowest BCUT2D eigenvalue weighted by atomic mass is 10.0. The summed E-state index contributed by atoms with van der Waals surface area (Å²) in [5, 5.41) is 5.76. The zero-order valence-corrected chi connectivity index (χ0v) is 12.0. The maximum atomic E-state index is 11.7. The van der Waals surface area contributed by atoms with Gasteiger partial charge in [-0.25, -0.2) is 0 Å². The Bertz CT molecular complexity index is 445. The second-order valence-electron chi connectivity index (χ2n) is 4.26. The minimum Gasteiger partial charge on any atom is -0.347 e. The second kappa shape index (κ2) is 7.79. The quantitative estimate of drug-likeness (QED) is 0.843. The highest BCUT2D eigenvalue weighted by atomic mass is 35.5. The van der Waals surface area contributed by atoms with Gasteiger partial charge >= 0.3 is 0 Å². The van der Waals surface area contributed by atoms with Crippen LogP contribution >= 0.6 is 11.6 Å². The Kier molecular flexibility index (Phi) is 6.36. The monoisotopic (exact) mass is 282 g/mol. The van der Waals surface area contributed by atoms with Gasteiger partial charge < -0.3 is 10.6 Å². The molecule has 2 amide bonds. The number of rotatable bonds is 6. The molecule has 0 bridgehead atoms. The first-order chi connectivity index (χ1) is 9.08. The molecule has 1 aromatic rings. The van der Waals surface area contributed by atoms with Gasteiger partial charge in [0, 0.05) is 5.92 Å². The van der Waals surface area contributed by atoms with Crippen molar-refractivity contribution in [3.05, 3.63) is 29.3 Å². The third kappa shape index (κ3) is 4.91. The van der Waals surface area contributed by atoms with Crippen LogP contribution in [0.15, 0.2) is 24.3 Å². The minimum absolute atomic E-state index is 0.0342. The number of hydrogen-bond acceptors (Lipinski definition) is 2. The largest absolute Gasteiger partial charge is 0.347 e. The predicted octanol–water partition coefficient (Wildman–Crippen LogP) is 2.83. The van der Waals surface area contributed by atoms with E-state index in [1.807, 2.05) is 13.8 Å². The summed E-state index contributed by atoms with van der Waals surface area (Å²) in [5.41, 5.74) is 0.547. The van der Waals surface area contributed by atoms with Crippen LogP contribution in [0.25, 0.3) is 0 Å². The van der Waals surface area contributed by atoms with Crippen LogP contribution in [-0.2, 0) is 9.59 Å². The van der Waals surface area contributed by atoms with E-state index in [-0.39, 0.29) is 24.3 Å². The minimum atomic E-state index is -0.285. The van der Waals surface area contributed by atoms with Gasteiger partial charge in [-0.15, -0.1) is 0 Å². The van der Waals surface area contributed by atoms with E-state index < -0.39 is 0 Å². The standard InChI is InChI=1S/C14H19ClN2O2/c1-3-10(4-2)14(19)16-9-13(18)17-12-8-6-5-7-11(12)15/h5-8,10H,3-4,9H2,1-2H3,(H,16,19)(H,17,18). The molecule has 2 N–H and O–H groups in total. The fourth-order valence-corrected chi connectivity index (χ4v) is 1.91. The Morgan fingerprint density at radius 2 is 1.84 bits per heavy atom. The van der Waals surface area contributed by atoms with Gasteiger partial charge in [-0.1, -0.05) is 37.6 Å². The van der Waals surface area contributed by atoms with Gasteiger partial charge in [0.15, 0.2) is 0 Å². The van der Waals surface area contributed by atoms with Crippen molar-refractivity contribution in [2.24, 2.45) is 5.92 Å². The van der Waals surface area contributed by atoms with Crippen LogP contribution in [0.1, 0.15) is 26.7 Å². The number of para-hydroxylation sites is 1. The molecule has 0 aromatic heterocycles. The molecular formula is C14H19ClN2O2. The molecule has 0 saturated carbocycles. The number of amides is 2. The van der Waals surface area contributed by atoms with Gasteiger partial charge in [-0.2, -0.15) is 0 Å². The fourth-order valence-electron chi connectivity index (χ4n) is 1.73. The van der Waals surface area contributed by atoms with E-state index in [4.69, 9.17) is 11.6 Å². The third-order valence-corrected chi connectivity index (χ3v) is 3.26. The van der Waals surface area contributed by atoms with Crippen molar-refractivity contribution >= 4 is 29.1 Å². The molecule has 0 aliphatic rings. The van der Waals surface area contributed by atoms with Crippen molar-refractivity contribution in [2.45, 2.75) is 26.7 Å². The molecule has 0 heterocycles. The highest BCUT2D eigenvalue weighted by Gasteiger charge is 2.14. The molecule has 4 nitrogen and oxygen atoms in total. The predicted molar refractivity (Wildman–Crippen MR) is 77.2 cm³/mol. The lowest BCUT2D eigenvalue weighted by Gasteiger charge is -2.13. The molecule has 5 heteroatoms. The lowest BCUT2D eigenvalue weighted by molar-refractivity contribution is -0.127. The summed E-state index contributed by atoms with van der Waals surface area (Å²) < 4.78 is 0. The SMILES string of the molecule is CCC(CC)C(=O)NCC(=O)Nc1ccccc1Cl. The Hall–Kier alpha value is -1.55. The number of carbonyl (C=O) groups excluding carboxylic acids is 2. The zero-order chi connectivity index (χ0) is 14.3. The van der Waals surface area contributed by atoms with Gasteiger partial charge in [0.1, 0.15) is 0 Å². The Morgan fingerprint density at radius 1 is 1.21 bits per heavy atom. The first kappa shape index (κ1) is 15.5. The summed E-state index contributed by atoms with van der Waals surface area (Å²) in [7, 11) is 0. The highest BCUT2D eigenvalue weighted by Crippen LogP contribution is 2.20. The van der Waals surface area contributed by atoms with Gasteiger partial charge in [0.2, 0.25) is 11.8 Å². The Labute approximate surface area is 118 Å². The van der Waals surface area contributed by atoms with Crippen molar-refractivity contribution in [1.29, 1.82) is 0 Å². The Morgan fingerprint density at radius 3 is 2.42 bits per heavy atom. The first-order valence-electron chi connectivity index (χ1n) is 6.40. The van der Waals surface area contributed by atoms with E-state index in [0.717, 1.165) is 12.8 Å². The maximum Gasteiger partial charge on any atom is 0.243 e. The molecule has 104 valence electrons. The summed E-state index contributed by atoms with van der Waals surface area (Å²) in [6.07, 6.45) is 1.54. The normalized spacial score (nSPS) is 10.3. The zero-order valence-electron chi connectivity index (χ0n) is 11.2. The molecule has 0 aliphatic heterocycles. The molecule has 0 atom stereocenters. The van der Waals surface area contributed by atoms with Crippen LogP contribution in [0.3, 0.4) is 0 Å². The number of halogens is 1. The summed E-state index contributed by atoms with van der Waals surface area (Å²) >= 11 is 5.92. The van der Waals surface area contributed by atoms with Crippen LogP contribution in [0.5, 0.6) is 0 Å². The smallest absolute Gasteiger partial charge is 0.243 e. The van der Waals surface area contributed by atoms with Crippen LogP contribution in [0.4, 0.5) is 5.69 Å².